The third-order valence-corrected chi connectivity index (χ3v) is 5.29. The number of sulfonamides is 1. The van der Waals surface area contributed by atoms with Gasteiger partial charge in [0.15, 0.2) is 0 Å². The van der Waals surface area contributed by atoms with Crippen molar-refractivity contribution in [2.45, 2.75) is 43.7 Å². The van der Waals surface area contributed by atoms with Gasteiger partial charge in [-0.15, -0.1) is 0 Å². The van der Waals surface area contributed by atoms with Crippen LogP contribution in [0.15, 0.2) is 29.2 Å². The van der Waals surface area contributed by atoms with Gasteiger partial charge >= 0.3 is 12.1 Å². The van der Waals surface area contributed by atoms with E-state index in [-0.39, 0.29) is 13.1 Å². The molecule has 0 aliphatic heterocycles. The van der Waals surface area contributed by atoms with Crippen molar-refractivity contribution in [2.24, 2.45) is 0 Å². The molecular weight excluding hydrogens is 369 g/mol. The van der Waals surface area contributed by atoms with Crippen LogP contribution in [0.4, 0.5) is 22.0 Å². The highest BCUT2D eigenvalue weighted by Crippen LogP contribution is 2.39. The van der Waals surface area contributed by atoms with E-state index in [0.717, 1.165) is 22.5 Å². The molecule has 0 bridgehead atoms. The smallest absolute Gasteiger partial charge is 0.287 e. The fourth-order valence-electron chi connectivity index (χ4n) is 2.17. The molecule has 0 aromatic heterocycles. The molecule has 25 heavy (non-hydrogen) atoms. The highest BCUT2D eigenvalue weighted by atomic mass is 32.2. The van der Waals surface area contributed by atoms with Gasteiger partial charge in [0.25, 0.3) is 0 Å². The predicted molar refractivity (Wildman–Crippen MR) is 81.1 cm³/mol. The molecule has 1 aromatic carbocycles. The van der Waals surface area contributed by atoms with E-state index in [1.165, 1.54) is 0 Å². The third-order valence-electron chi connectivity index (χ3n) is 3.34. The van der Waals surface area contributed by atoms with E-state index < -0.39 is 38.4 Å². The molecule has 0 saturated carbocycles. The Morgan fingerprint density at radius 2 is 1.48 bits per heavy atom. The van der Waals surface area contributed by atoms with Crippen molar-refractivity contribution in [1.82, 2.24) is 4.31 Å². The summed E-state index contributed by atoms with van der Waals surface area (Å²) in [6, 6.07) is 3.70. The average molecular weight is 387 g/mol. The van der Waals surface area contributed by atoms with Crippen LogP contribution in [0, 0.1) is 0 Å². The first kappa shape index (κ1) is 21.5. The van der Waals surface area contributed by atoms with Crippen molar-refractivity contribution in [1.29, 1.82) is 0 Å². The van der Waals surface area contributed by atoms with Crippen LogP contribution in [0.25, 0.3) is 0 Å². The number of benzene rings is 1. The maximum Gasteiger partial charge on any atom is 0.461 e. The van der Waals surface area contributed by atoms with Crippen molar-refractivity contribution in [3.05, 3.63) is 29.8 Å². The molecule has 142 valence electrons. The minimum atomic E-state index is -6.12. The van der Waals surface area contributed by atoms with Crippen LogP contribution in [0.5, 0.6) is 0 Å². The molecule has 0 spiro atoms. The normalized spacial score (nSPS) is 13.3. The monoisotopic (exact) mass is 387 g/mol. The summed E-state index contributed by atoms with van der Waals surface area (Å²) in [5.74, 6) is -8.27. The molecule has 0 heterocycles. The van der Waals surface area contributed by atoms with Crippen molar-refractivity contribution >= 4 is 15.8 Å². The number of halogens is 5. The molecule has 0 atom stereocenters. The van der Waals surface area contributed by atoms with Crippen LogP contribution >= 0.6 is 0 Å². The Labute approximate surface area is 142 Å². The average Bonchev–Trinajstić information content (AvgIpc) is 2.52. The van der Waals surface area contributed by atoms with Crippen LogP contribution in [0.3, 0.4) is 0 Å². The largest absolute Gasteiger partial charge is 0.461 e. The van der Waals surface area contributed by atoms with Gasteiger partial charge in [-0.05, 0) is 25.0 Å². The number of hydrogen-bond acceptors (Lipinski definition) is 3. The van der Waals surface area contributed by atoms with Crippen molar-refractivity contribution in [3.63, 3.8) is 0 Å². The Morgan fingerprint density at radius 1 is 1.00 bits per heavy atom. The standard InChI is InChI=1S/C15H18F5NO3S/c1-3-9-21(10-4-2)25(23,24)12-8-6-5-7-11(12)13(22)14(16,17)15(18,19)20/h5-8H,3-4,9-10H2,1-2H3. The van der Waals surface area contributed by atoms with E-state index in [9.17, 15) is 35.2 Å². The van der Waals surface area contributed by atoms with Gasteiger partial charge in [0.2, 0.25) is 15.8 Å². The molecule has 1 rings (SSSR count). The Kier molecular flexibility index (Phi) is 6.68. The number of ketones is 1. The number of nitrogens with zero attached hydrogens (tertiary/aromatic N) is 1. The molecule has 0 fully saturated rings. The van der Waals surface area contributed by atoms with E-state index in [1.54, 1.807) is 13.8 Å². The molecule has 1 aromatic rings. The topological polar surface area (TPSA) is 54.5 Å². The molecule has 0 radical (unpaired) electrons. The lowest BCUT2D eigenvalue weighted by atomic mass is 10.1. The fraction of sp³-hybridized carbons (Fsp3) is 0.533. The molecule has 0 saturated heterocycles. The van der Waals surface area contributed by atoms with Crippen LogP contribution < -0.4 is 0 Å². The number of Topliss-reactive ketones (excluding diaryl/α,β-unsaturated/α-hetero) is 1. The van der Waals surface area contributed by atoms with Crippen molar-refractivity contribution in [3.8, 4) is 0 Å². The summed E-state index contributed by atoms with van der Waals surface area (Å²) in [5, 5.41) is 0. The van der Waals surface area contributed by atoms with E-state index >= 15 is 0 Å². The number of carbonyl (C=O) groups is 1. The lowest BCUT2D eigenvalue weighted by molar-refractivity contribution is -0.255. The summed E-state index contributed by atoms with van der Waals surface area (Å²) in [7, 11) is -4.39. The summed E-state index contributed by atoms with van der Waals surface area (Å²) in [4.78, 5) is 10.9. The highest BCUT2D eigenvalue weighted by Gasteiger charge is 2.63. The summed E-state index contributed by atoms with van der Waals surface area (Å²) in [5.41, 5.74) is -1.18. The SMILES string of the molecule is CCCN(CCC)S(=O)(=O)c1ccccc1C(=O)C(F)(F)C(F)(F)F. The first-order chi connectivity index (χ1) is 11.4. The van der Waals surface area contributed by atoms with E-state index in [0.29, 0.717) is 18.9 Å². The van der Waals surface area contributed by atoms with Crippen LogP contribution in [-0.2, 0) is 10.0 Å². The summed E-state index contributed by atoms with van der Waals surface area (Å²) < 4.78 is 90.5. The number of alkyl halides is 5. The van der Waals surface area contributed by atoms with E-state index in [4.69, 9.17) is 0 Å². The molecule has 10 heteroatoms. The highest BCUT2D eigenvalue weighted by molar-refractivity contribution is 7.89. The van der Waals surface area contributed by atoms with Crippen LogP contribution in [0.1, 0.15) is 37.0 Å². The van der Waals surface area contributed by atoms with Crippen molar-refractivity contribution in [2.75, 3.05) is 13.1 Å². The molecule has 0 amide bonds. The number of carbonyl (C=O) groups excluding carboxylic acids is 1. The first-order valence-corrected chi connectivity index (χ1v) is 8.93. The Hall–Kier alpha value is -1.55. The summed E-state index contributed by atoms with van der Waals surface area (Å²) in [6.07, 6.45) is -5.30. The fourth-order valence-corrected chi connectivity index (χ4v) is 3.98. The van der Waals surface area contributed by atoms with Gasteiger partial charge in [-0.3, -0.25) is 4.79 Å². The van der Waals surface area contributed by atoms with Gasteiger partial charge in [-0.25, -0.2) is 8.42 Å². The maximum absolute atomic E-state index is 13.4. The Morgan fingerprint density at radius 3 is 1.92 bits per heavy atom. The van der Waals surface area contributed by atoms with E-state index in [2.05, 4.69) is 0 Å². The Bertz CT molecular complexity index is 710. The zero-order valence-electron chi connectivity index (χ0n) is 13.6. The molecular formula is C15H18F5NO3S. The van der Waals surface area contributed by atoms with Crippen molar-refractivity contribution < 1.29 is 35.2 Å². The quantitative estimate of drug-likeness (QED) is 0.503. The third kappa shape index (κ3) is 4.35. The second-order valence-electron chi connectivity index (χ2n) is 5.30. The first-order valence-electron chi connectivity index (χ1n) is 7.49. The minimum Gasteiger partial charge on any atom is -0.287 e. The van der Waals surface area contributed by atoms with Gasteiger partial charge in [-0.2, -0.15) is 26.3 Å². The minimum absolute atomic E-state index is 0.0500. The lowest BCUT2D eigenvalue weighted by Gasteiger charge is -2.24. The maximum atomic E-state index is 13.4. The molecule has 0 aliphatic carbocycles. The second kappa shape index (κ2) is 7.77. The molecule has 0 unspecified atom stereocenters. The van der Waals surface area contributed by atoms with Crippen LogP contribution in [-0.4, -0.2) is 43.7 Å². The Balaban J connectivity index is 3.49. The molecule has 0 N–H and O–H groups in total. The summed E-state index contributed by atoms with van der Waals surface area (Å²) >= 11 is 0. The molecule has 4 nitrogen and oxygen atoms in total. The van der Waals surface area contributed by atoms with Gasteiger partial charge in [-0.1, -0.05) is 26.0 Å². The second-order valence-corrected chi connectivity index (χ2v) is 7.21. The lowest BCUT2D eigenvalue weighted by Crippen LogP contribution is -2.45. The zero-order valence-corrected chi connectivity index (χ0v) is 14.4. The van der Waals surface area contributed by atoms with Gasteiger partial charge < -0.3 is 0 Å². The van der Waals surface area contributed by atoms with Gasteiger partial charge in [0.05, 0.1) is 4.90 Å². The number of rotatable bonds is 8. The van der Waals surface area contributed by atoms with E-state index in [1.807, 2.05) is 0 Å². The van der Waals surface area contributed by atoms with Gasteiger partial charge in [0.1, 0.15) is 0 Å². The molecule has 0 aliphatic rings. The predicted octanol–water partition coefficient (Wildman–Crippen LogP) is 3.88. The van der Waals surface area contributed by atoms with Crippen LogP contribution in [0.2, 0.25) is 0 Å². The van der Waals surface area contributed by atoms with Gasteiger partial charge in [0, 0.05) is 18.7 Å². The number of hydrogen-bond donors (Lipinski definition) is 0. The summed E-state index contributed by atoms with van der Waals surface area (Å²) in [6.45, 7) is 3.48. The zero-order chi connectivity index (χ0) is 19.5.